The maximum absolute atomic E-state index is 13.3. The molecule has 0 spiro atoms. The Kier molecular flexibility index (Phi) is 3.93. The molecule has 0 heterocycles. The molecule has 0 aliphatic heterocycles. The summed E-state index contributed by atoms with van der Waals surface area (Å²) in [4.78, 5) is 13.3. The number of benzene rings is 1. The first-order chi connectivity index (χ1) is 7.82. The zero-order chi connectivity index (χ0) is 13.2. The summed E-state index contributed by atoms with van der Waals surface area (Å²) in [7, 11) is 3.36. The lowest BCUT2D eigenvalue weighted by Crippen LogP contribution is -2.10. The van der Waals surface area contributed by atoms with Crippen molar-refractivity contribution in [2.24, 2.45) is 0 Å². The van der Waals surface area contributed by atoms with Crippen molar-refractivity contribution in [1.82, 2.24) is 4.90 Å². The van der Waals surface area contributed by atoms with Gasteiger partial charge in [-0.1, -0.05) is 0 Å². The lowest BCUT2D eigenvalue weighted by molar-refractivity contribution is 0.102. The SMILES string of the molecule is C/C(=C\N(C)C)C(=O)c1cc(F)cc(F)c1F. The number of carbonyl (C=O) groups excluding carboxylic acids is 1. The fourth-order valence-electron chi connectivity index (χ4n) is 1.38. The lowest BCUT2D eigenvalue weighted by atomic mass is 10.0. The molecule has 0 saturated heterocycles. The number of carbonyl (C=O) groups is 1. The topological polar surface area (TPSA) is 20.3 Å². The van der Waals surface area contributed by atoms with Gasteiger partial charge in [0.15, 0.2) is 17.4 Å². The molecule has 0 unspecified atom stereocenters. The number of halogens is 3. The summed E-state index contributed by atoms with van der Waals surface area (Å²) >= 11 is 0. The molecule has 17 heavy (non-hydrogen) atoms. The average Bonchev–Trinajstić information content (AvgIpc) is 2.21. The summed E-state index contributed by atoms with van der Waals surface area (Å²) in [5, 5.41) is 0. The molecule has 0 aliphatic rings. The van der Waals surface area contributed by atoms with Gasteiger partial charge in [-0.05, 0) is 13.0 Å². The van der Waals surface area contributed by atoms with Crippen molar-refractivity contribution in [2.75, 3.05) is 14.1 Å². The molecule has 5 heteroatoms. The van der Waals surface area contributed by atoms with Crippen LogP contribution in [-0.4, -0.2) is 24.8 Å². The van der Waals surface area contributed by atoms with Crippen LogP contribution in [0.5, 0.6) is 0 Å². The van der Waals surface area contributed by atoms with Crippen molar-refractivity contribution >= 4 is 5.78 Å². The Morgan fingerprint density at radius 2 is 1.82 bits per heavy atom. The van der Waals surface area contributed by atoms with E-state index in [1.54, 1.807) is 19.0 Å². The molecular weight excluding hydrogens is 231 g/mol. The van der Waals surface area contributed by atoms with Crippen LogP contribution in [0.1, 0.15) is 17.3 Å². The van der Waals surface area contributed by atoms with Gasteiger partial charge in [0, 0.05) is 31.9 Å². The standard InChI is InChI=1S/C12H12F3NO/c1-7(6-16(2)3)12(17)9-4-8(13)5-10(14)11(9)15/h4-6H,1-3H3/b7-6+. The van der Waals surface area contributed by atoms with Crippen molar-refractivity contribution in [3.8, 4) is 0 Å². The van der Waals surface area contributed by atoms with E-state index in [0.29, 0.717) is 12.1 Å². The highest BCUT2D eigenvalue weighted by molar-refractivity contribution is 6.08. The predicted molar refractivity (Wildman–Crippen MR) is 58.1 cm³/mol. The van der Waals surface area contributed by atoms with Crippen molar-refractivity contribution in [3.05, 3.63) is 46.9 Å². The van der Waals surface area contributed by atoms with E-state index >= 15 is 0 Å². The summed E-state index contributed by atoms with van der Waals surface area (Å²) in [6.07, 6.45) is 1.45. The first kappa shape index (κ1) is 13.3. The van der Waals surface area contributed by atoms with E-state index in [2.05, 4.69) is 0 Å². The van der Waals surface area contributed by atoms with Gasteiger partial charge in [0.25, 0.3) is 0 Å². The molecule has 0 radical (unpaired) electrons. The van der Waals surface area contributed by atoms with Gasteiger partial charge < -0.3 is 4.90 Å². The van der Waals surface area contributed by atoms with Gasteiger partial charge in [0.2, 0.25) is 0 Å². The van der Waals surface area contributed by atoms with Gasteiger partial charge in [0.1, 0.15) is 5.82 Å². The van der Waals surface area contributed by atoms with Crippen LogP contribution in [0.2, 0.25) is 0 Å². The van der Waals surface area contributed by atoms with E-state index < -0.39 is 28.8 Å². The third-order valence-corrected chi connectivity index (χ3v) is 2.05. The van der Waals surface area contributed by atoms with Gasteiger partial charge in [-0.15, -0.1) is 0 Å². The van der Waals surface area contributed by atoms with Crippen molar-refractivity contribution in [2.45, 2.75) is 6.92 Å². The second kappa shape index (κ2) is 5.03. The maximum Gasteiger partial charge on any atom is 0.193 e. The second-order valence-corrected chi connectivity index (χ2v) is 3.85. The van der Waals surface area contributed by atoms with Crippen LogP contribution in [0.15, 0.2) is 23.9 Å². The first-order valence-electron chi connectivity index (χ1n) is 4.87. The van der Waals surface area contributed by atoms with Crippen molar-refractivity contribution in [3.63, 3.8) is 0 Å². The van der Waals surface area contributed by atoms with E-state index in [-0.39, 0.29) is 5.57 Å². The molecule has 0 aromatic heterocycles. The Morgan fingerprint density at radius 1 is 1.24 bits per heavy atom. The molecular formula is C12H12F3NO. The second-order valence-electron chi connectivity index (χ2n) is 3.85. The molecule has 1 aromatic carbocycles. The molecule has 0 saturated carbocycles. The fourth-order valence-corrected chi connectivity index (χ4v) is 1.38. The zero-order valence-corrected chi connectivity index (χ0v) is 9.72. The van der Waals surface area contributed by atoms with Crippen LogP contribution in [0, 0.1) is 17.5 Å². The van der Waals surface area contributed by atoms with Crippen LogP contribution < -0.4 is 0 Å². The third-order valence-electron chi connectivity index (χ3n) is 2.05. The van der Waals surface area contributed by atoms with Crippen LogP contribution in [0.3, 0.4) is 0 Å². The molecule has 1 rings (SSSR count). The van der Waals surface area contributed by atoms with Gasteiger partial charge >= 0.3 is 0 Å². The van der Waals surface area contributed by atoms with E-state index in [9.17, 15) is 18.0 Å². The van der Waals surface area contributed by atoms with E-state index in [0.717, 1.165) is 0 Å². The monoisotopic (exact) mass is 243 g/mol. The molecule has 0 fully saturated rings. The number of allylic oxidation sites excluding steroid dienone is 1. The molecule has 2 nitrogen and oxygen atoms in total. The Labute approximate surface area is 97.3 Å². The zero-order valence-electron chi connectivity index (χ0n) is 9.72. The molecule has 0 N–H and O–H groups in total. The Morgan fingerprint density at radius 3 is 2.35 bits per heavy atom. The van der Waals surface area contributed by atoms with Crippen LogP contribution in [0.25, 0.3) is 0 Å². The minimum absolute atomic E-state index is 0.193. The Balaban J connectivity index is 3.22. The van der Waals surface area contributed by atoms with Crippen molar-refractivity contribution in [1.29, 1.82) is 0 Å². The highest BCUT2D eigenvalue weighted by atomic mass is 19.2. The number of hydrogen-bond donors (Lipinski definition) is 0. The quantitative estimate of drug-likeness (QED) is 0.462. The van der Waals surface area contributed by atoms with E-state index in [1.807, 2.05) is 0 Å². The van der Waals surface area contributed by atoms with Crippen LogP contribution in [0.4, 0.5) is 13.2 Å². The Hall–Kier alpha value is -1.78. The van der Waals surface area contributed by atoms with Crippen LogP contribution in [-0.2, 0) is 0 Å². The largest absolute Gasteiger partial charge is 0.383 e. The maximum atomic E-state index is 13.3. The third kappa shape index (κ3) is 3.09. The smallest absolute Gasteiger partial charge is 0.193 e. The molecule has 0 aliphatic carbocycles. The summed E-state index contributed by atoms with van der Waals surface area (Å²) in [6.45, 7) is 1.45. The Bertz CT molecular complexity index is 481. The van der Waals surface area contributed by atoms with E-state index in [1.165, 1.54) is 13.1 Å². The summed E-state index contributed by atoms with van der Waals surface area (Å²) in [5.41, 5.74) is -0.406. The lowest BCUT2D eigenvalue weighted by Gasteiger charge is -2.08. The molecule has 0 bridgehead atoms. The molecule has 0 amide bonds. The average molecular weight is 243 g/mol. The normalized spacial score (nSPS) is 11.5. The van der Waals surface area contributed by atoms with E-state index in [4.69, 9.17) is 0 Å². The van der Waals surface area contributed by atoms with Gasteiger partial charge in [0.05, 0.1) is 5.56 Å². The number of hydrogen-bond acceptors (Lipinski definition) is 2. The molecule has 92 valence electrons. The number of nitrogens with zero attached hydrogens (tertiary/aromatic N) is 1. The molecule has 0 atom stereocenters. The fraction of sp³-hybridized carbons (Fsp3) is 0.250. The van der Waals surface area contributed by atoms with Gasteiger partial charge in [-0.25, -0.2) is 13.2 Å². The number of Topliss-reactive ketones (excluding diaryl/α,β-unsaturated/α-hetero) is 1. The van der Waals surface area contributed by atoms with Gasteiger partial charge in [-0.2, -0.15) is 0 Å². The highest BCUT2D eigenvalue weighted by Crippen LogP contribution is 2.17. The minimum atomic E-state index is -1.37. The molecule has 1 aromatic rings. The summed E-state index contributed by atoms with van der Waals surface area (Å²) in [6, 6.07) is 1.09. The van der Waals surface area contributed by atoms with Crippen LogP contribution >= 0.6 is 0 Å². The summed E-state index contributed by atoms with van der Waals surface area (Å²) < 4.78 is 39.2. The summed E-state index contributed by atoms with van der Waals surface area (Å²) in [5.74, 6) is -4.42. The predicted octanol–water partition coefficient (Wildman–Crippen LogP) is 2.75. The minimum Gasteiger partial charge on any atom is -0.383 e. The number of ketones is 1. The first-order valence-corrected chi connectivity index (χ1v) is 4.87. The van der Waals surface area contributed by atoms with Gasteiger partial charge in [-0.3, -0.25) is 4.79 Å². The van der Waals surface area contributed by atoms with Crippen molar-refractivity contribution < 1.29 is 18.0 Å². The number of rotatable bonds is 3. The highest BCUT2D eigenvalue weighted by Gasteiger charge is 2.18.